The fourth-order valence-corrected chi connectivity index (χ4v) is 5.23. The van der Waals surface area contributed by atoms with Gasteiger partial charge in [0.15, 0.2) is 4.80 Å². The largest absolute Gasteiger partial charge is 0.466 e. The first kappa shape index (κ1) is 25.9. The Balaban J connectivity index is 1.43. The average Bonchev–Trinajstić information content (AvgIpc) is 3.22. The van der Waals surface area contributed by atoms with Gasteiger partial charge < -0.3 is 14.2 Å². The molecule has 3 aromatic rings. The normalized spacial score (nSPS) is 14.6. The molecule has 1 saturated heterocycles. The summed E-state index contributed by atoms with van der Waals surface area (Å²) in [5, 5.41) is 2.45. The van der Waals surface area contributed by atoms with Gasteiger partial charge in [0.2, 0.25) is 0 Å². The number of nitrogens with zero attached hydrogens (tertiary/aromatic N) is 3. The predicted octanol–water partition coefficient (Wildman–Crippen LogP) is 4.72. The van der Waals surface area contributed by atoms with E-state index in [9.17, 15) is 14.4 Å². The van der Waals surface area contributed by atoms with E-state index in [2.05, 4.69) is 4.99 Å². The van der Waals surface area contributed by atoms with Gasteiger partial charge in [-0.25, -0.2) is 0 Å². The highest BCUT2D eigenvalue weighted by atomic mass is 35.5. The van der Waals surface area contributed by atoms with Crippen LogP contribution in [0.3, 0.4) is 0 Å². The van der Waals surface area contributed by atoms with Crippen molar-refractivity contribution in [3.05, 3.63) is 86.1 Å². The number of carbonyl (C=O) groups is 3. The zero-order valence-corrected chi connectivity index (χ0v) is 21.8. The van der Waals surface area contributed by atoms with E-state index >= 15 is 0 Å². The van der Waals surface area contributed by atoms with Crippen molar-refractivity contribution in [3.63, 3.8) is 0 Å². The number of aromatic nitrogens is 1. The summed E-state index contributed by atoms with van der Waals surface area (Å²) >= 11 is 7.41. The van der Waals surface area contributed by atoms with E-state index in [1.54, 1.807) is 36.1 Å². The molecule has 9 heteroatoms. The number of ether oxygens (including phenoxy) is 1. The highest BCUT2D eigenvalue weighted by Gasteiger charge is 2.28. The molecule has 7 nitrogen and oxygen atoms in total. The van der Waals surface area contributed by atoms with Gasteiger partial charge in [-0.15, -0.1) is 11.3 Å². The van der Waals surface area contributed by atoms with Crippen molar-refractivity contribution in [1.82, 2.24) is 9.47 Å². The van der Waals surface area contributed by atoms with Crippen LogP contribution in [0, 0.1) is 12.8 Å². The van der Waals surface area contributed by atoms with E-state index in [1.807, 2.05) is 41.1 Å². The van der Waals surface area contributed by atoms with Crippen LogP contribution in [0.4, 0.5) is 0 Å². The molecule has 2 aromatic carbocycles. The Morgan fingerprint density at radius 2 is 1.81 bits per heavy atom. The van der Waals surface area contributed by atoms with E-state index < -0.39 is 0 Å². The van der Waals surface area contributed by atoms with Gasteiger partial charge in [0, 0.05) is 40.3 Å². The first-order valence-corrected chi connectivity index (χ1v) is 13.2. The minimum Gasteiger partial charge on any atom is -0.466 e. The third-order valence-electron chi connectivity index (χ3n) is 6.20. The first-order chi connectivity index (χ1) is 17.4. The zero-order chi connectivity index (χ0) is 25.7. The van der Waals surface area contributed by atoms with Crippen molar-refractivity contribution in [2.75, 3.05) is 19.7 Å². The monoisotopic (exact) mass is 525 g/mol. The van der Waals surface area contributed by atoms with E-state index in [0.717, 1.165) is 11.3 Å². The Hall–Kier alpha value is -3.23. The van der Waals surface area contributed by atoms with Gasteiger partial charge in [0.1, 0.15) is 0 Å². The molecule has 36 heavy (non-hydrogen) atoms. The minimum absolute atomic E-state index is 0.0361. The lowest BCUT2D eigenvalue weighted by Gasteiger charge is -2.31. The van der Waals surface area contributed by atoms with Crippen molar-refractivity contribution in [2.45, 2.75) is 33.2 Å². The molecular weight excluding hydrogens is 498 g/mol. The maximum absolute atomic E-state index is 13.0. The van der Waals surface area contributed by atoms with E-state index in [4.69, 9.17) is 16.3 Å². The number of esters is 1. The van der Waals surface area contributed by atoms with Crippen LogP contribution in [0.1, 0.15) is 51.7 Å². The Morgan fingerprint density at radius 1 is 1.08 bits per heavy atom. The van der Waals surface area contributed by atoms with Crippen LogP contribution in [-0.4, -0.2) is 46.9 Å². The number of benzene rings is 2. The van der Waals surface area contributed by atoms with Gasteiger partial charge in [-0.1, -0.05) is 29.8 Å². The lowest BCUT2D eigenvalue weighted by atomic mass is 9.96. The van der Waals surface area contributed by atoms with Gasteiger partial charge in [0.25, 0.3) is 11.8 Å². The molecule has 0 atom stereocenters. The zero-order valence-electron chi connectivity index (χ0n) is 20.3. The smallest absolute Gasteiger partial charge is 0.309 e. The number of thiazole rings is 1. The molecule has 188 valence electrons. The molecule has 0 unspecified atom stereocenters. The SMILES string of the molecule is CCOC(=O)C1CCN(C(=O)c2ccc(Cn3c(C)csc3=NC(=O)c3cccc(Cl)c3)cc2)CC1. The summed E-state index contributed by atoms with van der Waals surface area (Å²) in [6.45, 7) is 5.75. The highest BCUT2D eigenvalue weighted by Crippen LogP contribution is 2.21. The van der Waals surface area contributed by atoms with Gasteiger partial charge in [0.05, 0.1) is 19.1 Å². The average molecular weight is 526 g/mol. The van der Waals surface area contributed by atoms with Crippen molar-refractivity contribution < 1.29 is 19.1 Å². The number of amides is 2. The Bertz CT molecular complexity index is 1320. The first-order valence-electron chi connectivity index (χ1n) is 11.9. The van der Waals surface area contributed by atoms with Crippen molar-refractivity contribution >= 4 is 40.7 Å². The molecule has 1 fully saturated rings. The number of aryl methyl sites for hydroxylation is 1. The maximum atomic E-state index is 13.0. The molecule has 0 aliphatic carbocycles. The topological polar surface area (TPSA) is 81.0 Å². The molecule has 2 heterocycles. The predicted molar refractivity (Wildman–Crippen MR) is 139 cm³/mol. The summed E-state index contributed by atoms with van der Waals surface area (Å²) in [4.78, 5) is 44.3. The molecule has 2 amide bonds. The fourth-order valence-electron chi connectivity index (χ4n) is 4.16. The Morgan fingerprint density at radius 3 is 2.47 bits per heavy atom. The molecule has 4 rings (SSSR count). The van der Waals surface area contributed by atoms with Crippen molar-refractivity contribution in [3.8, 4) is 0 Å². The van der Waals surface area contributed by atoms with Crippen molar-refractivity contribution in [1.29, 1.82) is 0 Å². The van der Waals surface area contributed by atoms with Crippen LogP contribution in [0.2, 0.25) is 5.02 Å². The van der Waals surface area contributed by atoms with Gasteiger partial charge in [-0.3, -0.25) is 14.4 Å². The number of carbonyl (C=O) groups excluding carboxylic acids is 3. The van der Waals surface area contributed by atoms with Crippen LogP contribution < -0.4 is 4.80 Å². The summed E-state index contributed by atoms with van der Waals surface area (Å²) in [6, 6.07) is 14.2. The summed E-state index contributed by atoms with van der Waals surface area (Å²) < 4.78 is 7.08. The number of hydrogen-bond acceptors (Lipinski definition) is 5. The van der Waals surface area contributed by atoms with Crippen LogP contribution in [-0.2, 0) is 16.1 Å². The van der Waals surface area contributed by atoms with Crippen LogP contribution in [0.15, 0.2) is 58.9 Å². The highest BCUT2D eigenvalue weighted by molar-refractivity contribution is 7.07. The van der Waals surface area contributed by atoms with E-state index in [0.29, 0.717) is 60.0 Å². The number of halogens is 1. The molecule has 0 saturated carbocycles. The summed E-state index contributed by atoms with van der Waals surface area (Å²) in [5.41, 5.74) is 3.03. The fraction of sp³-hybridized carbons (Fsp3) is 0.333. The second-order valence-electron chi connectivity index (χ2n) is 8.69. The Labute approximate surface area is 219 Å². The second kappa shape index (κ2) is 11.7. The summed E-state index contributed by atoms with van der Waals surface area (Å²) in [6.07, 6.45) is 1.24. The van der Waals surface area contributed by atoms with Crippen LogP contribution in [0.5, 0.6) is 0 Å². The van der Waals surface area contributed by atoms with Crippen LogP contribution in [0.25, 0.3) is 0 Å². The number of hydrogen-bond donors (Lipinski definition) is 0. The van der Waals surface area contributed by atoms with Gasteiger partial charge in [-0.05, 0) is 62.6 Å². The van der Waals surface area contributed by atoms with Gasteiger partial charge >= 0.3 is 5.97 Å². The lowest BCUT2D eigenvalue weighted by Crippen LogP contribution is -2.40. The minimum atomic E-state index is -0.347. The van der Waals surface area contributed by atoms with Crippen LogP contribution >= 0.6 is 22.9 Å². The molecule has 0 spiro atoms. The lowest BCUT2D eigenvalue weighted by molar-refractivity contribution is -0.149. The summed E-state index contributed by atoms with van der Waals surface area (Å²) in [7, 11) is 0. The third-order valence-corrected chi connectivity index (χ3v) is 7.42. The van der Waals surface area contributed by atoms with Gasteiger partial charge in [-0.2, -0.15) is 4.99 Å². The second-order valence-corrected chi connectivity index (χ2v) is 9.96. The molecule has 1 aliphatic rings. The molecular formula is C27H28ClN3O4S. The van der Waals surface area contributed by atoms with E-state index in [1.165, 1.54) is 11.3 Å². The number of likely N-dealkylation sites (tertiary alicyclic amines) is 1. The quantitative estimate of drug-likeness (QED) is 0.436. The van der Waals surface area contributed by atoms with E-state index in [-0.39, 0.29) is 23.7 Å². The number of piperidine rings is 1. The Kier molecular flexibility index (Phi) is 8.38. The maximum Gasteiger partial charge on any atom is 0.309 e. The molecule has 0 radical (unpaired) electrons. The number of rotatable bonds is 6. The third kappa shape index (κ3) is 6.12. The molecule has 0 bridgehead atoms. The molecule has 0 N–H and O–H groups in total. The standard InChI is InChI=1S/C27H28ClN3O4S/c1-3-35-26(34)21-11-13-30(14-12-21)25(33)20-9-7-19(8-10-20)16-31-18(2)17-36-27(31)29-24(32)22-5-4-6-23(28)15-22/h4-10,15,17,21H,3,11-14,16H2,1-2H3. The molecule has 1 aromatic heterocycles. The summed E-state index contributed by atoms with van der Waals surface area (Å²) in [5.74, 6) is -0.685. The molecule has 1 aliphatic heterocycles. The van der Waals surface area contributed by atoms with Crippen molar-refractivity contribution in [2.24, 2.45) is 10.9 Å².